The van der Waals surface area contributed by atoms with E-state index in [4.69, 9.17) is 25.3 Å². The van der Waals surface area contributed by atoms with Gasteiger partial charge in [-0.1, -0.05) is 18.2 Å². The minimum absolute atomic E-state index is 0.194. The van der Waals surface area contributed by atoms with Crippen LogP contribution in [0.15, 0.2) is 30.3 Å². The molecule has 1 amide bonds. The summed E-state index contributed by atoms with van der Waals surface area (Å²) in [7, 11) is 9.53. The molecule has 0 bridgehead atoms. The first kappa shape index (κ1) is 15.3. The van der Waals surface area contributed by atoms with Crippen molar-refractivity contribution < 1.29 is 27.8 Å². The molecule has 0 heterocycles. The second-order valence-corrected chi connectivity index (χ2v) is 4.32. The summed E-state index contributed by atoms with van der Waals surface area (Å²) in [6, 6.07) is 8.47. The van der Waals surface area contributed by atoms with Crippen LogP contribution in [0.2, 0.25) is 0 Å². The fourth-order valence-electron chi connectivity index (χ4n) is 0.847. The predicted octanol–water partition coefficient (Wildman–Crippen LogP) is 1.88. The zero-order valence-corrected chi connectivity index (χ0v) is 10.6. The molecule has 0 radical (unpaired) electrons. The molecule has 0 unspecified atom stereocenters. The van der Waals surface area contributed by atoms with Gasteiger partial charge in [-0.05, 0) is 12.1 Å². The standard InChI is InChI=1S/C9H9NO3.2ClH.Fe/c11-8(12)6-10-9(13)7-4-2-1-3-5-7;;;/h1-5H,6H2,(H,10,13)(H,11,12);2*1H;/q;;;+2/p-2. The van der Waals surface area contributed by atoms with Crippen LogP contribution in [0.5, 0.6) is 0 Å². The average Bonchev–Trinajstić information content (AvgIpc) is 2.28. The monoisotopic (exact) mass is 305 g/mol. The van der Waals surface area contributed by atoms with E-state index in [9.17, 15) is 9.59 Å². The quantitative estimate of drug-likeness (QED) is 0.838. The summed E-state index contributed by atoms with van der Waals surface area (Å²) < 4.78 is 0. The molecule has 0 aromatic heterocycles. The number of rotatable bonds is 3. The van der Waals surface area contributed by atoms with Crippen LogP contribution < -0.4 is 5.32 Å². The Hall–Kier alpha value is -0.741. The van der Waals surface area contributed by atoms with Crippen LogP contribution >= 0.6 is 20.2 Å². The van der Waals surface area contributed by atoms with Gasteiger partial charge in [0.15, 0.2) is 0 Å². The van der Waals surface area contributed by atoms with Crippen LogP contribution in [0.3, 0.4) is 0 Å². The van der Waals surface area contributed by atoms with Crippen molar-refractivity contribution in [2.75, 3.05) is 6.54 Å². The number of carbonyl (C=O) groups is 2. The normalized spacial score (nSPS) is 8.88. The fourth-order valence-corrected chi connectivity index (χ4v) is 0.847. The molecule has 0 aliphatic heterocycles. The Bertz CT molecular complexity index is 335. The zero-order chi connectivity index (χ0) is 12.4. The minimum atomic E-state index is -1.05. The number of hydrogen-bond donors (Lipinski definition) is 2. The Morgan fingerprint density at radius 3 is 2.19 bits per heavy atom. The van der Waals surface area contributed by atoms with E-state index in [1.807, 2.05) is 0 Å². The van der Waals surface area contributed by atoms with E-state index in [1.165, 1.54) is 0 Å². The molecular formula is C9H9Cl2FeNO3. The van der Waals surface area contributed by atoms with Gasteiger partial charge in [-0.2, -0.15) is 0 Å². The summed E-state index contributed by atoms with van der Waals surface area (Å²) in [4.78, 5) is 21.3. The van der Waals surface area contributed by atoms with Crippen LogP contribution in [0.4, 0.5) is 0 Å². The van der Waals surface area contributed by atoms with Gasteiger partial charge in [0, 0.05) is 5.56 Å². The molecule has 0 aliphatic carbocycles. The van der Waals surface area contributed by atoms with Crippen molar-refractivity contribution in [1.82, 2.24) is 5.32 Å². The third-order valence-corrected chi connectivity index (χ3v) is 1.44. The molecule has 0 atom stereocenters. The van der Waals surface area contributed by atoms with Crippen LogP contribution in [-0.2, 0) is 17.9 Å². The van der Waals surface area contributed by atoms with Crippen molar-refractivity contribution in [3.8, 4) is 0 Å². The molecule has 7 heteroatoms. The van der Waals surface area contributed by atoms with Crippen molar-refractivity contribution >= 4 is 32.1 Å². The molecule has 16 heavy (non-hydrogen) atoms. The molecule has 4 nitrogen and oxygen atoms in total. The van der Waals surface area contributed by atoms with E-state index in [0.29, 0.717) is 5.56 Å². The van der Waals surface area contributed by atoms with Crippen molar-refractivity contribution in [3.63, 3.8) is 0 Å². The maximum absolute atomic E-state index is 11.2. The Morgan fingerprint density at radius 1 is 1.25 bits per heavy atom. The molecule has 90 valence electrons. The molecular weight excluding hydrogens is 297 g/mol. The summed E-state index contributed by atoms with van der Waals surface area (Å²) in [5.41, 5.74) is 0.462. The van der Waals surface area contributed by atoms with Gasteiger partial charge in [-0.3, -0.25) is 9.59 Å². The van der Waals surface area contributed by atoms with Gasteiger partial charge >= 0.3 is 39.3 Å². The third kappa shape index (κ3) is 7.54. The summed E-state index contributed by atoms with van der Waals surface area (Å²) in [6.07, 6.45) is 0. The van der Waals surface area contributed by atoms with E-state index in [-0.39, 0.29) is 25.6 Å². The van der Waals surface area contributed by atoms with E-state index >= 15 is 0 Å². The Morgan fingerprint density at radius 2 is 1.75 bits per heavy atom. The number of aliphatic carboxylic acids is 1. The first-order valence-corrected chi connectivity index (χ1v) is 7.06. The van der Waals surface area contributed by atoms with Gasteiger partial charge < -0.3 is 10.4 Å². The number of carbonyl (C=O) groups excluding carboxylic acids is 1. The van der Waals surface area contributed by atoms with Crippen molar-refractivity contribution in [2.24, 2.45) is 0 Å². The molecule has 0 saturated heterocycles. The summed E-state index contributed by atoms with van der Waals surface area (Å²) >= 11 is 0.194. The molecule has 0 saturated carbocycles. The maximum atomic E-state index is 11.2. The molecule has 0 spiro atoms. The van der Waals surface area contributed by atoms with Gasteiger partial charge in [0.1, 0.15) is 6.54 Å². The van der Waals surface area contributed by atoms with Crippen LogP contribution in [0.25, 0.3) is 0 Å². The Kier molecular flexibility index (Phi) is 9.04. The van der Waals surface area contributed by atoms with Gasteiger partial charge in [0.2, 0.25) is 0 Å². The number of carboxylic acids is 1. The summed E-state index contributed by atoms with van der Waals surface area (Å²) in [6.45, 7) is -0.353. The van der Waals surface area contributed by atoms with Crippen LogP contribution in [0, 0.1) is 0 Å². The van der Waals surface area contributed by atoms with E-state index in [1.54, 1.807) is 30.3 Å². The van der Waals surface area contributed by atoms with Crippen LogP contribution in [-0.4, -0.2) is 23.5 Å². The molecule has 2 N–H and O–H groups in total. The van der Waals surface area contributed by atoms with Gasteiger partial charge in [0.25, 0.3) is 5.91 Å². The van der Waals surface area contributed by atoms with E-state index in [0.717, 1.165) is 0 Å². The van der Waals surface area contributed by atoms with Gasteiger partial charge in [0.05, 0.1) is 0 Å². The second kappa shape index (κ2) is 9.48. The van der Waals surface area contributed by atoms with E-state index in [2.05, 4.69) is 5.32 Å². The SMILES string of the molecule is O=C(O)CNC(=O)c1ccccc1.[Cl][Fe][Cl]. The zero-order valence-electron chi connectivity index (χ0n) is 7.97. The molecule has 1 aromatic rings. The number of carboxylic acid groups (broad SMARTS) is 1. The van der Waals surface area contributed by atoms with Crippen molar-refractivity contribution in [2.45, 2.75) is 0 Å². The summed E-state index contributed by atoms with van der Waals surface area (Å²) in [5, 5.41) is 10.6. The Balaban J connectivity index is 0.000000673. The molecule has 0 fully saturated rings. The second-order valence-electron chi connectivity index (χ2n) is 2.49. The first-order chi connectivity index (χ1) is 7.61. The van der Waals surface area contributed by atoms with Crippen LogP contribution in [0.1, 0.15) is 10.4 Å². The molecule has 1 aromatic carbocycles. The number of nitrogens with one attached hydrogen (secondary N) is 1. The fraction of sp³-hybridized carbons (Fsp3) is 0.111. The number of benzene rings is 1. The van der Waals surface area contributed by atoms with Gasteiger partial charge in [-0.15, -0.1) is 0 Å². The molecule has 0 aliphatic rings. The van der Waals surface area contributed by atoms with E-state index < -0.39 is 5.97 Å². The number of halogens is 2. The third-order valence-electron chi connectivity index (χ3n) is 1.44. The number of hydrogen-bond acceptors (Lipinski definition) is 2. The first-order valence-electron chi connectivity index (χ1n) is 4.02. The average molecular weight is 306 g/mol. The van der Waals surface area contributed by atoms with Crippen molar-refractivity contribution in [3.05, 3.63) is 35.9 Å². The Labute approximate surface area is 108 Å². The van der Waals surface area contributed by atoms with Crippen molar-refractivity contribution in [1.29, 1.82) is 0 Å². The van der Waals surface area contributed by atoms with Gasteiger partial charge in [-0.25, -0.2) is 0 Å². The molecule has 1 rings (SSSR count). The number of amides is 1. The topological polar surface area (TPSA) is 66.4 Å². The predicted molar refractivity (Wildman–Crippen MR) is 58.1 cm³/mol. The summed E-state index contributed by atoms with van der Waals surface area (Å²) in [5.74, 6) is -1.42.